The van der Waals surface area contributed by atoms with E-state index in [0.29, 0.717) is 11.3 Å². The lowest BCUT2D eigenvalue weighted by molar-refractivity contribution is -0.134. The molecule has 17 nitrogen and oxygen atoms in total. The molecule has 17 heteroatoms. The van der Waals surface area contributed by atoms with Crippen molar-refractivity contribution >= 4 is 52.3 Å². The number of aromatic amines is 2. The normalized spacial score (nSPS) is 20.1. The SMILES string of the molecule is NC(=O)[C@H](Cc1c[nH]c2ccccc12)NC(=O)C1CCNC(=O)CCC(=O)N[C@@H](Cc2c[nH]cn2)C(=O)NC(Cc2ccccc2)C(=O)NCC(=O)N1. The Balaban J connectivity index is 1.32. The van der Waals surface area contributed by atoms with E-state index in [1.165, 1.54) is 6.33 Å². The standard InChI is InChI=1S/C36H42N10O7/c37-33(50)27(15-22-17-40-25-9-5-4-8-24(22)25)45-35(52)26-12-13-39-30(47)10-11-31(48)44-29(16-23-18-38-20-42-23)36(53)46-28(14-21-6-2-1-3-7-21)34(51)41-19-32(49)43-26/h1-9,17-18,20,26-29,40H,10-16,19H2,(H2,37,50)(H,38,42)(H,39,47)(H,41,51)(H,43,49)(H,44,48)(H,45,52)(H,46,53)/t26?,27-,28?,29-/m0/s1. The maximum atomic E-state index is 13.6. The number of nitrogens with zero attached hydrogens (tertiary/aromatic N) is 1. The van der Waals surface area contributed by atoms with Gasteiger partial charge in [0, 0.05) is 61.9 Å². The fourth-order valence-electron chi connectivity index (χ4n) is 5.91. The van der Waals surface area contributed by atoms with E-state index in [0.717, 1.165) is 16.5 Å². The van der Waals surface area contributed by atoms with Crippen LogP contribution < -0.4 is 37.6 Å². The summed E-state index contributed by atoms with van der Waals surface area (Å²) in [5.41, 5.74) is 8.43. The Bertz CT molecular complexity index is 1930. The van der Waals surface area contributed by atoms with Gasteiger partial charge in [0.05, 0.1) is 18.6 Å². The minimum absolute atomic E-state index is 0.00278. The number of carbonyl (C=O) groups excluding carboxylic acids is 7. The quantitative estimate of drug-likeness (QED) is 0.101. The summed E-state index contributed by atoms with van der Waals surface area (Å²) in [5.74, 6) is -4.75. The molecule has 0 spiro atoms. The van der Waals surface area contributed by atoms with Crippen LogP contribution in [0.2, 0.25) is 0 Å². The smallest absolute Gasteiger partial charge is 0.243 e. The molecule has 0 saturated carbocycles. The van der Waals surface area contributed by atoms with Crippen LogP contribution in [0.5, 0.6) is 0 Å². The fraction of sp³-hybridized carbons (Fsp3) is 0.333. The molecular formula is C36H42N10O7. The van der Waals surface area contributed by atoms with Crippen molar-refractivity contribution in [1.29, 1.82) is 0 Å². The summed E-state index contributed by atoms with van der Waals surface area (Å²) in [6.45, 7) is -0.656. The van der Waals surface area contributed by atoms with Crippen molar-refractivity contribution in [3.05, 3.63) is 90.1 Å². The topological polar surface area (TPSA) is 262 Å². The van der Waals surface area contributed by atoms with Crippen molar-refractivity contribution in [2.75, 3.05) is 13.1 Å². The number of aromatic nitrogens is 3. The van der Waals surface area contributed by atoms with E-state index >= 15 is 0 Å². The number of carbonyl (C=O) groups is 7. The van der Waals surface area contributed by atoms with E-state index in [1.54, 1.807) is 42.7 Å². The monoisotopic (exact) mass is 726 g/mol. The molecule has 0 radical (unpaired) electrons. The first kappa shape index (κ1) is 37.7. The molecular weight excluding hydrogens is 684 g/mol. The number of nitrogens with two attached hydrogens (primary N) is 1. The second-order valence-corrected chi connectivity index (χ2v) is 12.6. The molecule has 3 heterocycles. The zero-order valence-electron chi connectivity index (χ0n) is 28.8. The van der Waals surface area contributed by atoms with Crippen LogP contribution in [0, 0.1) is 0 Å². The van der Waals surface area contributed by atoms with Gasteiger partial charge in [0.15, 0.2) is 0 Å². The third-order valence-electron chi connectivity index (χ3n) is 8.70. The van der Waals surface area contributed by atoms with Crippen LogP contribution in [0.4, 0.5) is 0 Å². The van der Waals surface area contributed by atoms with Gasteiger partial charge in [0.25, 0.3) is 0 Å². The summed E-state index contributed by atoms with van der Waals surface area (Å²) in [7, 11) is 0. The second kappa shape index (κ2) is 18.1. The molecule has 53 heavy (non-hydrogen) atoms. The summed E-state index contributed by atoms with van der Waals surface area (Å²) >= 11 is 0. The number of primary amides is 1. The van der Waals surface area contributed by atoms with Crippen LogP contribution in [0.1, 0.15) is 36.1 Å². The van der Waals surface area contributed by atoms with E-state index < -0.39 is 72.1 Å². The highest BCUT2D eigenvalue weighted by Gasteiger charge is 2.30. The van der Waals surface area contributed by atoms with Crippen LogP contribution in [0.25, 0.3) is 10.9 Å². The Hall–Kier alpha value is -6.52. The van der Waals surface area contributed by atoms with E-state index in [9.17, 15) is 33.6 Å². The minimum atomic E-state index is -1.26. The Labute approximate surface area is 304 Å². The number of nitrogens with one attached hydrogen (secondary N) is 8. The van der Waals surface area contributed by atoms with Crippen molar-refractivity contribution in [2.45, 2.75) is 62.7 Å². The highest BCUT2D eigenvalue weighted by atomic mass is 16.2. The average molecular weight is 727 g/mol. The van der Waals surface area contributed by atoms with Gasteiger partial charge in [-0.1, -0.05) is 48.5 Å². The average Bonchev–Trinajstić information content (AvgIpc) is 3.82. The van der Waals surface area contributed by atoms with Gasteiger partial charge in [-0.05, 0) is 23.6 Å². The van der Waals surface area contributed by atoms with Crippen molar-refractivity contribution < 1.29 is 33.6 Å². The summed E-state index contributed by atoms with van der Waals surface area (Å²) in [6.07, 6.45) is 4.23. The minimum Gasteiger partial charge on any atom is -0.368 e. The van der Waals surface area contributed by atoms with Gasteiger partial charge in [0.1, 0.15) is 24.2 Å². The van der Waals surface area contributed by atoms with Crippen molar-refractivity contribution in [3.63, 3.8) is 0 Å². The number of fused-ring (bicyclic) bond motifs is 1. The van der Waals surface area contributed by atoms with Gasteiger partial charge in [0.2, 0.25) is 41.4 Å². The lowest BCUT2D eigenvalue weighted by atomic mass is 10.0. The lowest BCUT2D eigenvalue weighted by Gasteiger charge is -2.24. The third-order valence-corrected chi connectivity index (χ3v) is 8.70. The van der Waals surface area contributed by atoms with Crippen LogP contribution in [0.3, 0.4) is 0 Å². The highest BCUT2D eigenvalue weighted by Crippen LogP contribution is 2.19. The highest BCUT2D eigenvalue weighted by molar-refractivity contribution is 5.96. The number of amides is 7. The van der Waals surface area contributed by atoms with Gasteiger partial charge in [-0.2, -0.15) is 0 Å². The third kappa shape index (κ3) is 11.0. The van der Waals surface area contributed by atoms with Crippen molar-refractivity contribution in [1.82, 2.24) is 46.9 Å². The predicted molar refractivity (Wildman–Crippen MR) is 191 cm³/mol. The number of rotatable bonds is 9. The predicted octanol–water partition coefficient (Wildman–Crippen LogP) is -1.24. The molecule has 4 aromatic rings. The second-order valence-electron chi connectivity index (χ2n) is 12.6. The first-order valence-electron chi connectivity index (χ1n) is 17.2. The van der Waals surface area contributed by atoms with E-state index in [2.05, 4.69) is 46.9 Å². The number of hydrogen-bond acceptors (Lipinski definition) is 8. The molecule has 1 fully saturated rings. The van der Waals surface area contributed by atoms with E-state index in [-0.39, 0.29) is 45.1 Å². The Morgan fingerprint density at radius 1 is 0.811 bits per heavy atom. The van der Waals surface area contributed by atoms with E-state index in [4.69, 9.17) is 5.73 Å². The van der Waals surface area contributed by atoms with Crippen LogP contribution in [-0.2, 0) is 52.8 Å². The summed E-state index contributed by atoms with van der Waals surface area (Å²) in [6, 6.07) is 11.6. The summed E-state index contributed by atoms with van der Waals surface area (Å²) in [5, 5.41) is 16.5. The zero-order valence-corrected chi connectivity index (χ0v) is 28.8. The van der Waals surface area contributed by atoms with Crippen molar-refractivity contribution in [3.8, 4) is 0 Å². The van der Waals surface area contributed by atoms with Gasteiger partial charge in [-0.15, -0.1) is 0 Å². The summed E-state index contributed by atoms with van der Waals surface area (Å²) < 4.78 is 0. The number of imidazole rings is 1. The maximum Gasteiger partial charge on any atom is 0.243 e. The molecule has 0 bridgehead atoms. The van der Waals surface area contributed by atoms with Gasteiger partial charge in [-0.3, -0.25) is 33.6 Å². The van der Waals surface area contributed by atoms with Crippen LogP contribution in [0.15, 0.2) is 73.3 Å². The number of hydrogen-bond donors (Lipinski definition) is 9. The first-order chi connectivity index (χ1) is 25.5. The van der Waals surface area contributed by atoms with Crippen LogP contribution >= 0.6 is 0 Å². The largest absolute Gasteiger partial charge is 0.368 e. The first-order valence-corrected chi connectivity index (χ1v) is 17.2. The molecule has 1 aliphatic heterocycles. The molecule has 7 amide bonds. The Morgan fingerprint density at radius 3 is 2.30 bits per heavy atom. The molecule has 5 rings (SSSR count). The molecule has 10 N–H and O–H groups in total. The molecule has 2 unspecified atom stereocenters. The molecule has 2 aromatic carbocycles. The molecule has 278 valence electrons. The number of H-pyrrole nitrogens is 2. The zero-order chi connectivity index (χ0) is 37.7. The summed E-state index contributed by atoms with van der Waals surface area (Å²) in [4.78, 5) is 102. The molecule has 1 aliphatic rings. The number of benzene rings is 2. The van der Waals surface area contributed by atoms with Crippen molar-refractivity contribution in [2.24, 2.45) is 5.73 Å². The Morgan fingerprint density at radius 2 is 1.55 bits per heavy atom. The van der Waals surface area contributed by atoms with Crippen LogP contribution in [-0.4, -0.2) is 93.6 Å². The molecule has 4 atom stereocenters. The molecule has 0 aliphatic carbocycles. The fourth-order valence-corrected chi connectivity index (χ4v) is 5.91. The van der Waals surface area contributed by atoms with Gasteiger partial charge < -0.3 is 47.6 Å². The molecule has 1 saturated heterocycles. The lowest BCUT2D eigenvalue weighted by Crippen LogP contribution is -2.57. The van der Waals surface area contributed by atoms with Gasteiger partial charge >= 0.3 is 0 Å². The van der Waals surface area contributed by atoms with E-state index in [1.807, 2.05) is 24.3 Å². The molecule has 2 aromatic heterocycles. The van der Waals surface area contributed by atoms with Gasteiger partial charge in [-0.25, -0.2) is 4.98 Å². The maximum absolute atomic E-state index is 13.6. The Kier molecular flexibility index (Phi) is 12.9. The number of para-hydroxylation sites is 1.